The summed E-state index contributed by atoms with van der Waals surface area (Å²) < 4.78 is 64.9. The third-order valence-corrected chi connectivity index (χ3v) is 8.14. The van der Waals surface area contributed by atoms with Gasteiger partial charge in [-0.25, -0.2) is 21.6 Å². The number of hydrogen-bond acceptors (Lipinski definition) is 6. The van der Waals surface area contributed by atoms with Crippen LogP contribution in [0.2, 0.25) is 0 Å². The maximum atomic E-state index is 12.6. The summed E-state index contributed by atoms with van der Waals surface area (Å²) >= 11 is 3.26. The highest BCUT2D eigenvalue weighted by molar-refractivity contribution is 9.10. The highest BCUT2D eigenvalue weighted by Crippen LogP contribution is 2.20. The van der Waals surface area contributed by atoms with Crippen molar-refractivity contribution >= 4 is 36.0 Å². The number of hydrogen-bond donors (Lipinski definition) is 1. The summed E-state index contributed by atoms with van der Waals surface area (Å²) in [5, 5.41) is 0. The predicted octanol–water partition coefficient (Wildman–Crippen LogP) is 1.83. The molecule has 8 nitrogen and oxygen atoms in total. The maximum absolute atomic E-state index is 12.6. The van der Waals surface area contributed by atoms with Crippen LogP contribution < -0.4 is 9.46 Å². The first kappa shape index (κ1) is 22.2. The van der Waals surface area contributed by atoms with Gasteiger partial charge < -0.3 is 9.47 Å². The van der Waals surface area contributed by atoms with Crippen LogP contribution in [0.25, 0.3) is 0 Å². The minimum Gasteiger partial charge on any atom is -0.492 e. The normalized spacial score (nSPS) is 15.9. The lowest BCUT2D eigenvalue weighted by Crippen LogP contribution is -2.40. The van der Waals surface area contributed by atoms with Gasteiger partial charge in [-0.3, -0.25) is 0 Å². The van der Waals surface area contributed by atoms with Crippen molar-refractivity contribution in [1.29, 1.82) is 0 Å². The first-order valence-electron chi connectivity index (χ1n) is 8.85. The Kier molecular flexibility index (Phi) is 7.30. The van der Waals surface area contributed by atoms with E-state index in [2.05, 4.69) is 20.7 Å². The molecule has 2 aromatic rings. The molecule has 11 heteroatoms. The van der Waals surface area contributed by atoms with Gasteiger partial charge in [0.1, 0.15) is 12.4 Å². The SMILES string of the molecule is O=S(=O)(NCCOc1ccc(S(=O)(=O)N2CCOCC2)cc1)c1ccc(Br)cc1. The Balaban J connectivity index is 1.52. The molecule has 0 bridgehead atoms. The van der Waals surface area contributed by atoms with Crippen LogP contribution in [0, 0.1) is 0 Å². The standard InChI is InChI=1S/C18H21BrN2O6S2/c19-15-1-5-17(6-2-15)28(22,23)20-9-12-27-16-3-7-18(8-4-16)29(24,25)21-10-13-26-14-11-21/h1-8,20H,9-14H2. The van der Waals surface area contributed by atoms with Crippen LogP contribution in [0.4, 0.5) is 0 Å². The number of sulfonamides is 2. The van der Waals surface area contributed by atoms with Crippen LogP contribution in [0.3, 0.4) is 0 Å². The van der Waals surface area contributed by atoms with E-state index in [-0.39, 0.29) is 22.9 Å². The molecule has 29 heavy (non-hydrogen) atoms. The Morgan fingerprint density at radius 1 is 0.931 bits per heavy atom. The first-order chi connectivity index (χ1) is 13.8. The number of halogens is 1. The molecule has 1 heterocycles. The van der Waals surface area contributed by atoms with E-state index < -0.39 is 20.0 Å². The monoisotopic (exact) mass is 504 g/mol. The van der Waals surface area contributed by atoms with E-state index in [1.165, 1.54) is 28.6 Å². The van der Waals surface area contributed by atoms with Crippen LogP contribution in [-0.4, -0.2) is 60.6 Å². The molecule has 0 aromatic heterocycles. The molecule has 0 aliphatic carbocycles. The molecule has 3 rings (SSSR count). The topological polar surface area (TPSA) is 102 Å². The molecule has 0 unspecified atom stereocenters. The van der Waals surface area contributed by atoms with E-state index in [0.29, 0.717) is 32.1 Å². The van der Waals surface area contributed by atoms with Gasteiger partial charge in [-0.05, 0) is 48.5 Å². The van der Waals surface area contributed by atoms with Gasteiger partial charge in [-0.15, -0.1) is 0 Å². The molecule has 1 saturated heterocycles. The Morgan fingerprint density at radius 3 is 2.14 bits per heavy atom. The van der Waals surface area contributed by atoms with E-state index in [9.17, 15) is 16.8 Å². The maximum Gasteiger partial charge on any atom is 0.243 e. The highest BCUT2D eigenvalue weighted by atomic mass is 79.9. The van der Waals surface area contributed by atoms with Gasteiger partial charge in [0.05, 0.1) is 23.0 Å². The van der Waals surface area contributed by atoms with Gasteiger partial charge in [-0.1, -0.05) is 15.9 Å². The van der Waals surface area contributed by atoms with Gasteiger partial charge in [-0.2, -0.15) is 4.31 Å². The highest BCUT2D eigenvalue weighted by Gasteiger charge is 2.26. The molecular weight excluding hydrogens is 484 g/mol. The zero-order valence-corrected chi connectivity index (χ0v) is 18.7. The van der Waals surface area contributed by atoms with Gasteiger partial charge in [0, 0.05) is 24.1 Å². The molecule has 0 spiro atoms. The zero-order valence-electron chi connectivity index (χ0n) is 15.5. The molecule has 158 valence electrons. The van der Waals surface area contributed by atoms with Crippen molar-refractivity contribution in [3.8, 4) is 5.75 Å². The average molecular weight is 505 g/mol. The molecule has 0 amide bonds. The second-order valence-corrected chi connectivity index (χ2v) is 10.8. The third-order valence-electron chi connectivity index (χ3n) is 4.22. The zero-order chi connectivity index (χ0) is 20.9. The third kappa shape index (κ3) is 5.77. The molecule has 1 aliphatic rings. The quantitative estimate of drug-likeness (QED) is 0.550. The van der Waals surface area contributed by atoms with Crippen LogP contribution in [0.5, 0.6) is 5.75 Å². The number of ether oxygens (including phenoxy) is 2. The molecule has 1 aliphatic heterocycles. The van der Waals surface area contributed by atoms with Crippen molar-refractivity contribution in [2.24, 2.45) is 0 Å². The van der Waals surface area contributed by atoms with Gasteiger partial charge in [0.2, 0.25) is 20.0 Å². The van der Waals surface area contributed by atoms with Crippen LogP contribution in [0.15, 0.2) is 62.8 Å². The number of morpholine rings is 1. The molecular formula is C18H21BrN2O6S2. The van der Waals surface area contributed by atoms with Crippen molar-refractivity contribution in [2.45, 2.75) is 9.79 Å². The summed E-state index contributed by atoms with van der Waals surface area (Å²) in [4.78, 5) is 0.348. The lowest BCUT2D eigenvalue weighted by atomic mass is 10.3. The molecule has 0 saturated carbocycles. The fraction of sp³-hybridized carbons (Fsp3) is 0.333. The smallest absolute Gasteiger partial charge is 0.243 e. The minimum absolute atomic E-state index is 0.0756. The summed E-state index contributed by atoms with van der Waals surface area (Å²) in [5.41, 5.74) is 0. The lowest BCUT2D eigenvalue weighted by Gasteiger charge is -2.26. The van der Waals surface area contributed by atoms with Crippen LogP contribution in [0.1, 0.15) is 0 Å². The Labute approximate surface area is 179 Å². The Bertz CT molecular complexity index is 1020. The summed E-state index contributed by atoms with van der Waals surface area (Å²) in [7, 11) is -7.17. The fourth-order valence-electron chi connectivity index (χ4n) is 2.69. The first-order valence-corrected chi connectivity index (χ1v) is 12.6. The molecule has 0 radical (unpaired) electrons. The Hall–Kier alpha value is -1.50. The van der Waals surface area contributed by atoms with E-state index in [0.717, 1.165) is 4.47 Å². The largest absolute Gasteiger partial charge is 0.492 e. The summed E-state index contributed by atoms with van der Waals surface area (Å²) in [5.74, 6) is 0.453. The molecule has 2 aromatic carbocycles. The lowest BCUT2D eigenvalue weighted by molar-refractivity contribution is 0.0730. The molecule has 1 fully saturated rings. The van der Waals surface area contributed by atoms with Gasteiger partial charge in [0.25, 0.3) is 0 Å². The van der Waals surface area contributed by atoms with E-state index in [1.807, 2.05) is 0 Å². The minimum atomic E-state index is -3.62. The fourth-order valence-corrected chi connectivity index (χ4v) is 5.37. The predicted molar refractivity (Wildman–Crippen MR) is 111 cm³/mol. The van der Waals surface area contributed by atoms with Crippen molar-refractivity contribution in [3.05, 3.63) is 53.0 Å². The Morgan fingerprint density at radius 2 is 1.52 bits per heavy atom. The summed E-state index contributed by atoms with van der Waals surface area (Å²) in [6, 6.07) is 12.4. The number of benzene rings is 2. The van der Waals surface area contributed by atoms with Gasteiger partial charge in [0.15, 0.2) is 0 Å². The van der Waals surface area contributed by atoms with Gasteiger partial charge >= 0.3 is 0 Å². The van der Waals surface area contributed by atoms with Crippen molar-refractivity contribution in [1.82, 2.24) is 9.03 Å². The average Bonchev–Trinajstić information content (AvgIpc) is 2.72. The second-order valence-electron chi connectivity index (χ2n) is 6.19. The van der Waals surface area contributed by atoms with E-state index >= 15 is 0 Å². The molecule has 0 atom stereocenters. The van der Waals surface area contributed by atoms with Crippen LogP contribution in [-0.2, 0) is 24.8 Å². The summed E-state index contributed by atoms with van der Waals surface area (Å²) in [6.07, 6.45) is 0. The summed E-state index contributed by atoms with van der Waals surface area (Å²) in [6.45, 7) is 1.61. The number of rotatable bonds is 8. The van der Waals surface area contributed by atoms with Crippen LogP contribution >= 0.6 is 15.9 Å². The van der Waals surface area contributed by atoms with Crippen molar-refractivity contribution in [2.75, 3.05) is 39.5 Å². The van der Waals surface area contributed by atoms with E-state index in [1.54, 1.807) is 24.3 Å². The number of nitrogens with one attached hydrogen (secondary N) is 1. The van der Waals surface area contributed by atoms with E-state index in [4.69, 9.17) is 9.47 Å². The number of nitrogens with zero attached hydrogens (tertiary/aromatic N) is 1. The van der Waals surface area contributed by atoms with Crippen molar-refractivity contribution in [3.63, 3.8) is 0 Å². The molecule has 1 N–H and O–H groups in total. The second kappa shape index (κ2) is 9.54. The van der Waals surface area contributed by atoms with Crippen molar-refractivity contribution < 1.29 is 26.3 Å².